The van der Waals surface area contributed by atoms with Crippen molar-refractivity contribution in [2.75, 3.05) is 25.1 Å². The van der Waals surface area contributed by atoms with E-state index < -0.39 is 0 Å². The molecule has 0 aromatic heterocycles. The molecule has 0 radical (unpaired) electrons. The number of amides is 1. The second-order valence-corrected chi connectivity index (χ2v) is 4.47. The Morgan fingerprint density at radius 1 is 1.50 bits per heavy atom. The van der Waals surface area contributed by atoms with Crippen molar-refractivity contribution in [3.05, 3.63) is 23.3 Å². The monoisotopic (exact) mass is 250 g/mol. The van der Waals surface area contributed by atoms with E-state index in [4.69, 9.17) is 4.74 Å². The molecule has 0 saturated carbocycles. The Kier molecular flexibility index (Phi) is 3.84. The summed E-state index contributed by atoms with van der Waals surface area (Å²) < 4.78 is 5.24. The molecule has 1 fully saturated rings. The van der Waals surface area contributed by atoms with E-state index in [1.165, 1.54) is 0 Å². The first-order valence-corrected chi connectivity index (χ1v) is 6.00. The lowest BCUT2D eigenvalue weighted by molar-refractivity contribution is -0.120. The van der Waals surface area contributed by atoms with Crippen LogP contribution < -0.4 is 10.6 Å². The van der Waals surface area contributed by atoms with Crippen LogP contribution in [0.25, 0.3) is 0 Å². The summed E-state index contributed by atoms with van der Waals surface area (Å²) in [5.74, 6) is 0.0849. The van der Waals surface area contributed by atoms with Gasteiger partial charge in [0.05, 0.1) is 13.2 Å². The third-order valence-electron chi connectivity index (χ3n) is 3.13. The average Bonchev–Trinajstić information content (AvgIpc) is 2.40. The van der Waals surface area contributed by atoms with Gasteiger partial charge in [0.25, 0.3) is 0 Å². The van der Waals surface area contributed by atoms with Gasteiger partial charge in [-0.2, -0.15) is 0 Å². The van der Waals surface area contributed by atoms with Crippen LogP contribution in [0.4, 0.5) is 5.69 Å². The maximum absolute atomic E-state index is 12.0. The van der Waals surface area contributed by atoms with E-state index in [1.54, 1.807) is 19.1 Å². The van der Waals surface area contributed by atoms with Crippen molar-refractivity contribution >= 4 is 11.6 Å². The van der Waals surface area contributed by atoms with Gasteiger partial charge in [0.15, 0.2) is 0 Å². The fraction of sp³-hybridized carbons (Fsp3) is 0.462. The highest BCUT2D eigenvalue weighted by molar-refractivity contribution is 5.96. The molecule has 1 aromatic carbocycles. The van der Waals surface area contributed by atoms with Gasteiger partial charge in [-0.25, -0.2) is 0 Å². The third-order valence-corrected chi connectivity index (χ3v) is 3.13. The summed E-state index contributed by atoms with van der Waals surface area (Å²) in [6.07, 6.45) is 0. The van der Waals surface area contributed by atoms with Crippen LogP contribution in [-0.4, -0.2) is 36.8 Å². The number of carbonyl (C=O) groups is 1. The van der Waals surface area contributed by atoms with E-state index in [2.05, 4.69) is 10.6 Å². The number of anilines is 1. The molecule has 0 aliphatic carbocycles. The van der Waals surface area contributed by atoms with Gasteiger partial charge < -0.3 is 20.5 Å². The van der Waals surface area contributed by atoms with Gasteiger partial charge in [0, 0.05) is 17.8 Å². The quantitative estimate of drug-likeness (QED) is 0.730. The van der Waals surface area contributed by atoms with Crippen molar-refractivity contribution in [1.82, 2.24) is 5.32 Å². The summed E-state index contributed by atoms with van der Waals surface area (Å²) in [5.41, 5.74) is 2.11. The number of phenols is 1. The summed E-state index contributed by atoms with van der Waals surface area (Å²) in [5, 5.41) is 15.7. The van der Waals surface area contributed by atoms with E-state index in [-0.39, 0.29) is 17.7 Å². The Hall–Kier alpha value is -1.59. The van der Waals surface area contributed by atoms with E-state index >= 15 is 0 Å². The maximum atomic E-state index is 12.0. The maximum Gasteiger partial charge on any atom is 0.243 e. The molecule has 18 heavy (non-hydrogen) atoms. The van der Waals surface area contributed by atoms with Gasteiger partial charge >= 0.3 is 0 Å². The highest BCUT2D eigenvalue weighted by atomic mass is 16.5. The molecule has 98 valence electrons. The Labute approximate surface area is 106 Å². The number of nitrogens with one attached hydrogen (secondary N) is 2. The first-order valence-electron chi connectivity index (χ1n) is 6.00. The fourth-order valence-electron chi connectivity index (χ4n) is 1.92. The van der Waals surface area contributed by atoms with Gasteiger partial charge in [0.1, 0.15) is 11.8 Å². The van der Waals surface area contributed by atoms with Crippen LogP contribution in [0.15, 0.2) is 12.1 Å². The van der Waals surface area contributed by atoms with Crippen LogP contribution >= 0.6 is 0 Å². The largest absolute Gasteiger partial charge is 0.507 e. The van der Waals surface area contributed by atoms with Gasteiger partial charge in [-0.1, -0.05) is 6.07 Å². The lowest BCUT2D eigenvalue weighted by Crippen LogP contribution is -2.48. The Morgan fingerprint density at radius 2 is 2.28 bits per heavy atom. The fourth-order valence-corrected chi connectivity index (χ4v) is 1.92. The first-order chi connectivity index (χ1) is 8.59. The van der Waals surface area contributed by atoms with Crippen LogP contribution in [0, 0.1) is 13.8 Å². The Bertz CT molecular complexity index is 454. The number of hydrogen-bond acceptors (Lipinski definition) is 4. The topological polar surface area (TPSA) is 70.6 Å². The molecule has 1 aliphatic rings. The molecule has 1 aromatic rings. The summed E-state index contributed by atoms with van der Waals surface area (Å²) in [6.45, 7) is 5.29. The minimum Gasteiger partial charge on any atom is -0.507 e. The zero-order valence-electron chi connectivity index (χ0n) is 10.6. The normalized spacial score (nSPS) is 19.6. The van der Waals surface area contributed by atoms with Crippen molar-refractivity contribution in [1.29, 1.82) is 0 Å². The van der Waals surface area contributed by atoms with Crippen molar-refractivity contribution < 1.29 is 14.6 Å². The second kappa shape index (κ2) is 5.37. The van der Waals surface area contributed by atoms with Gasteiger partial charge in [0.2, 0.25) is 5.91 Å². The SMILES string of the molecule is Cc1ccc(NC(=O)C2COCCN2)c(C)c1O. The highest BCUT2D eigenvalue weighted by Crippen LogP contribution is 2.28. The molecule has 1 aliphatic heterocycles. The minimum atomic E-state index is -0.332. The van der Waals surface area contributed by atoms with E-state index in [0.717, 1.165) is 5.56 Å². The standard InChI is InChI=1S/C13H18N2O3/c1-8-3-4-10(9(2)12(8)16)15-13(17)11-7-18-6-5-14-11/h3-4,11,14,16H,5-7H2,1-2H3,(H,15,17). The lowest BCUT2D eigenvalue weighted by atomic mass is 10.1. The second-order valence-electron chi connectivity index (χ2n) is 4.47. The smallest absolute Gasteiger partial charge is 0.243 e. The molecule has 2 rings (SSSR count). The Balaban J connectivity index is 2.09. The van der Waals surface area contributed by atoms with Crippen LogP contribution in [0.3, 0.4) is 0 Å². The summed E-state index contributed by atoms with van der Waals surface area (Å²) >= 11 is 0. The Morgan fingerprint density at radius 3 is 2.94 bits per heavy atom. The highest BCUT2D eigenvalue weighted by Gasteiger charge is 2.21. The van der Waals surface area contributed by atoms with E-state index in [1.807, 2.05) is 6.92 Å². The van der Waals surface area contributed by atoms with Gasteiger partial charge in [-0.3, -0.25) is 4.79 Å². The van der Waals surface area contributed by atoms with Crippen molar-refractivity contribution in [3.8, 4) is 5.75 Å². The first kappa shape index (κ1) is 12.9. The number of benzene rings is 1. The third kappa shape index (κ3) is 2.63. The summed E-state index contributed by atoms with van der Waals surface area (Å²) in [4.78, 5) is 12.0. The molecule has 1 unspecified atom stereocenters. The van der Waals surface area contributed by atoms with Crippen molar-refractivity contribution in [2.45, 2.75) is 19.9 Å². The molecule has 5 heteroatoms. The number of carbonyl (C=O) groups excluding carboxylic acids is 1. The molecule has 3 N–H and O–H groups in total. The molecular weight excluding hydrogens is 232 g/mol. The van der Waals surface area contributed by atoms with Crippen LogP contribution in [-0.2, 0) is 9.53 Å². The summed E-state index contributed by atoms with van der Waals surface area (Å²) in [7, 11) is 0. The lowest BCUT2D eigenvalue weighted by Gasteiger charge is -2.23. The van der Waals surface area contributed by atoms with Crippen LogP contribution in [0.5, 0.6) is 5.75 Å². The number of ether oxygens (including phenoxy) is 1. The predicted molar refractivity (Wildman–Crippen MR) is 68.8 cm³/mol. The molecule has 0 bridgehead atoms. The molecule has 1 amide bonds. The minimum absolute atomic E-state index is 0.138. The molecular formula is C13H18N2O3. The van der Waals surface area contributed by atoms with E-state index in [9.17, 15) is 9.90 Å². The van der Waals surface area contributed by atoms with Crippen LogP contribution in [0.2, 0.25) is 0 Å². The average molecular weight is 250 g/mol. The number of aryl methyl sites for hydroxylation is 1. The number of aromatic hydroxyl groups is 1. The molecule has 1 atom stereocenters. The predicted octanol–water partition coefficient (Wildman–Crippen LogP) is 0.936. The van der Waals surface area contributed by atoms with Crippen molar-refractivity contribution in [3.63, 3.8) is 0 Å². The molecule has 0 spiro atoms. The number of phenolic OH excluding ortho intramolecular Hbond substituents is 1. The zero-order chi connectivity index (χ0) is 13.1. The number of rotatable bonds is 2. The summed E-state index contributed by atoms with van der Waals surface area (Å²) in [6, 6.07) is 3.25. The molecule has 1 heterocycles. The van der Waals surface area contributed by atoms with E-state index in [0.29, 0.717) is 31.0 Å². The molecule has 5 nitrogen and oxygen atoms in total. The molecule has 1 saturated heterocycles. The number of hydrogen-bond donors (Lipinski definition) is 3. The van der Waals surface area contributed by atoms with Gasteiger partial charge in [-0.05, 0) is 25.5 Å². The van der Waals surface area contributed by atoms with Crippen molar-refractivity contribution in [2.24, 2.45) is 0 Å². The van der Waals surface area contributed by atoms with Gasteiger partial charge in [-0.15, -0.1) is 0 Å². The van der Waals surface area contributed by atoms with Crippen LogP contribution in [0.1, 0.15) is 11.1 Å². The number of morpholine rings is 1. The zero-order valence-corrected chi connectivity index (χ0v) is 10.6.